The van der Waals surface area contributed by atoms with E-state index in [0.29, 0.717) is 6.54 Å². The summed E-state index contributed by atoms with van der Waals surface area (Å²) >= 11 is 0. The molecule has 0 aliphatic rings. The molecule has 68 valence electrons. The van der Waals surface area contributed by atoms with Gasteiger partial charge in [0.2, 0.25) is 0 Å². The molecule has 0 saturated heterocycles. The second-order valence-electron chi connectivity index (χ2n) is 2.44. The maximum Gasteiger partial charge on any atom is 0.155 e. The smallest absolute Gasteiger partial charge is 0.155 e. The summed E-state index contributed by atoms with van der Waals surface area (Å²) in [6, 6.07) is 0. The second-order valence-corrected chi connectivity index (χ2v) is 2.44. The van der Waals surface area contributed by atoms with Gasteiger partial charge in [-0.1, -0.05) is 0 Å². The number of aliphatic hydroxyl groups excluding tert-OH is 2. The Morgan fingerprint density at radius 3 is 2.92 bits per heavy atom. The van der Waals surface area contributed by atoms with E-state index in [-0.39, 0.29) is 5.82 Å². The van der Waals surface area contributed by atoms with Crippen LogP contribution in [0.5, 0.6) is 0 Å². The summed E-state index contributed by atoms with van der Waals surface area (Å²) in [5.74, 6) is 0.276. The van der Waals surface area contributed by atoms with Crippen LogP contribution in [0.2, 0.25) is 0 Å². The summed E-state index contributed by atoms with van der Waals surface area (Å²) in [7, 11) is 1.69. The molecule has 4 N–H and O–H groups in total. The van der Waals surface area contributed by atoms with Crippen molar-refractivity contribution in [3.63, 3.8) is 0 Å². The predicted molar refractivity (Wildman–Crippen MR) is 41.3 cm³/mol. The summed E-state index contributed by atoms with van der Waals surface area (Å²) in [4.78, 5) is 3.72. The predicted octanol–water partition coefficient (Wildman–Crippen LogP) is -1.58. The van der Waals surface area contributed by atoms with Gasteiger partial charge in [0.1, 0.15) is 12.4 Å². The van der Waals surface area contributed by atoms with Crippen molar-refractivity contribution < 1.29 is 10.2 Å². The van der Waals surface area contributed by atoms with Crippen LogP contribution in [0.15, 0.2) is 6.33 Å². The molecule has 0 aromatic carbocycles. The van der Waals surface area contributed by atoms with Crippen LogP contribution in [0.3, 0.4) is 0 Å². The molecule has 0 aliphatic carbocycles. The highest BCUT2D eigenvalue weighted by Gasteiger charge is 2.19. The molecule has 0 fully saturated rings. The lowest BCUT2D eigenvalue weighted by Crippen LogP contribution is -2.30. The molecule has 0 radical (unpaired) electrons. The fourth-order valence-corrected chi connectivity index (χ4v) is 0.860. The van der Waals surface area contributed by atoms with Crippen molar-refractivity contribution >= 4 is 0 Å². The lowest BCUT2D eigenvalue weighted by atomic mass is 10.2. The average Bonchev–Trinajstić information content (AvgIpc) is 2.55. The van der Waals surface area contributed by atoms with Crippen LogP contribution in [-0.4, -0.2) is 45.1 Å². The molecule has 6 nitrogen and oxygen atoms in total. The third-order valence-electron chi connectivity index (χ3n) is 1.49. The van der Waals surface area contributed by atoms with E-state index in [4.69, 9.17) is 0 Å². The molecule has 0 aliphatic heterocycles. The maximum absolute atomic E-state index is 9.39. The molecular formula is C6H12N4O2. The highest BCUT2D eigenvalue weighted by atomic mass is 16.3. The molecule has 0 saturated carbocycles. The Labute approximate surface area is 69.6 Å². The monoisotopic (exact) mass is 172 g/mol. The van der Waals surface area contributed by atoms with Crippen LogP contribution < -0.4 is 5.32 Å². The molecule has 6 heteroatoms. The number of aromatic amines is 1. The van der Waals surface area contributed by atoms with Crippen LogP contribution in [0.4, 0.5) is 0 Å². The zero-order chi connectivity index (χ0) is 8.97. The Morgan fingerprint density at radius 1 is 1.67 bits per heavy atom. The van der Waals surface area contributed by atoms with Gasteiger partial charge in [0, 0.05) is 6.54 Å². The normalized spacial score (nSPS) is 15.9. The first-order valence-corrected chi connectivity index (χ1v) is 3.61. The van der Waals surface area contributed by atoms with E-state index in [1.54, 1.807) is 7.05 Å². The van der Waals surface area contributed by atoms with E-state index in [9.17, 15) is 10.2 Å². The molecule has 0 amide bonds. The average molecular weight is 172 g/mol. The van der Waals surface area contributed by atoms with Crippen molar-refractivity contribution in [2.24, 2.45) is 0 Å². The lowest BCUT2D eigenvalue weighted by molar-refractivity contribution is 0.0151. The Morgan fingerprint density at radius 2 is 2.42 bits per heavy atom. The van der Waals surface area contributed by atoms with Gasteiger partial charge in [-0.15, -0.1) is 0 Å². The zero-order valence-electron chi connectivity index (χ0n) is 6.73. The van der Waals surface area contributed by atoms with Crippen LogP contribution >= 0.6 is 0 Å². The SMILES string of the molecule is CNCC(O)C(O)c1ncn[nH]1. The Bertz CT molecular complexity index is 213. The van der Waals surface area contributed by atoms with Crippen LogP contribution in [0.1, 0.15) is 11.9 Å². The van der Waals surface area contributed by atoms with E-state index < -0.39 is 12.2 Å². The van der Waals surface area contributed by atoms with E-state index in [1.807, 2.05) is 0 Å². The highest BCUT2D eigenvalue weighted by Crippen LogP contribution is 2.09. The number of H-pyrrole nitrogens is 1. The van der Waals surface area contributed by atoms with Gasteiger partial charge < -0.3 is 15.5 Å². The number of aromatic nitrogens is 3. The van der Waals surface area contributed by atoms with Crippen LogP contribution in [-0.2, 0) is 0 Å². The molecule has 12 heavy (non-hydrogen) atoms. The Balaban J connectivity index is 2.53. The third kappa shape index (κ3) is 2.00. The van der Waals surface area contributed by atoms with Gasteiger partial charge in [0.15, 0.2) is 5.82 Å². The number of nitrogens with one attached hydrogen (secondary N) is 2. The van der Waals surface area contributed by atoms with Crippen LogP contribution in [0, 0.1) is 0 Å². The van der Waals surface area contributed by atoms with Crippen molar-refractivity contribution in [2.75, 3.05) is 13.6 Å². The summed E-state index contributed by atoms with van der Waals surface area (Å²) in [5, 5.41) is 27.4. The number of likely N-dealkylation sites (N-methyl/N-ethyl adjacent to an activating group) is 1. The van der Waals surface area contributed by atoms with E-state index in [1.165, 1.54) is 6.33 Å². The summed E-state index contributed by atoms with van der Waals surface area (Å²) < 4.78 is 0. The van der Waals surface area contributed by atoms with Gasteiger partial charge in [0.25, 0.3) is 0 Å². The second kappa shape index (κ2) is 4.15. The fourth-order valence-electron chi connectivity index (χ4n) is 0.860. The minimum absolute atomic E-state index is 0.276. The molecule has 2 unspecified atom stereocenters. The third-order valence-corrected chi connectivity index (χ3v) is 1.49. The summed E-state index contributed by atoms with van der Waals surface area (Å²) in [6.07, 6.45) is -0.604. The maximum atomic E-state index is 9.39. The van der Waals surface area contributed by atoms with Crippen molar-refractivity contribution in [1.82, 2.24) is 20.5 Å². The first kappa shape index (κ1) is 9.11. The first-order chi connectivity index (χ1) is 5.75. The molecule has 1 aromatic heterocycles. The van der Waals surface area contributed by atoms with Gasteiger partial charge in [-0.2, -0.15) is 5.10 Å². The van der Waals surface area contributed by atoms with Crippen molar-refractivity contribution in [3.05, 3.63) is 12.2 Å². The number of hydrogen-bond acceptors (Lipinski definition) is 5. The van der Waals surface area contributed by atoms with Gasteiger partial charge in [-0.05, 0) is 7.05 Å². The lowest BCUT2D eigenvalue weighted by Gasteiger charge is -2.14. The molecule has 2 atom stereocenters. The molecule has 0 spiro atoms. The van der Waals surface area contributed by atoms with Gasteiger partial charge in [-0.25, -0.2) is 4.98 Å². The fraction of sp³-hybridized carbons (Fsp3) is 0.667. The number of rotatable bonds is 4. The van der Waals surface area contributed by atoms with Gasteiger partial charge in [-0.3, -0.25) is 5.10 Å². The standard InChI is InChI=1S/C6H12N4O2/c1-7-2-4(11)5(12)6-8-3-9-10-6/h3-5,7,11-12H,2H2,1H3,(H,8,9,10). The van der Waals surface area contributed by atoms with Crippen molar-refractivity contribution in [2.45, 2.75) is 12.2 Å². The number of aliphatic hydroxyl groups is 2. The van der Waals surface area contributed by atoms with Crippen molar-refractivity contribution in [1.29, 1.82) is 0 Å². The quantitative estimate of drug-likeness (QED) is 0.439. The van der Waals surface area contributed by atoms with E-state index in [0.717, 1.165) is 0 Å². The Kier molecular flexibility index (Phi) is 3.15. The topological polar surface area (TPSA) is 94.1 Å². The van der Waals surface area contributed by atoms with Gasteiger partial charge >= 0.3 is 0 Å². The van der Waals surface area contributed by atoms with Gasteiger partial charge in [0.05, 0.1) is 6.10 Å². The summed E-state index contributed by atoms with van der Waals surface area (Å²) in [5.41, 5.74) is 0. The highest BCUT2D eigenvalue weighted by molar-refractivity contribution is 4.90. The van der Waals surface area contributed by atoms with E-state index in [2.05, 4.69) is 20.5 Å². The minimum Gasteiger partial charge on any atom is -0.389 e. The first-order valence-electron chi connectivity index (χ1n) is 3.61. The molecule has 1 rings (SSSR count). The van der Waals surface area contributed by atoms with Crippen molar-refractivity contribution in [3.8, 4) is 0 Å². The van der Waals surface area contributed by atoms with Crippen LogP contribution in [0.25, 0.3) is 0 Å². The largest absolute Gasteiger partial charge is 0.389 e. The van der Waals surface area contributed by atoms with E-state index >= 15 is 0 Å². The summed E-state index contributed by atoms with van der Waals surface area (Å²) in [6.45, 7) is 0.307. The molecule has 0 bridgehead atoms. The molecule has 1 aromatic rings. The molecular weight excluding hydrogens is 160 g/mol. The zero-order valence-corrected chi connectivity index (χ0v) is 6.73. The number of nitrogens with zero attached hydrogens (tertiary/aromatic N) is 2. The Hall–Kier alpha value is -0.980. The molecule has 1 heterocycles. The minimum atomic E-state index is -1.01. The number of hydrogen-bond donors (Lipinski definition) is 4.